The van der Waals surface area contributed by atoms with E-state index in [1.54, 1.807) is 12.3 Å². The quantitative estimate of drug-likeness (QED) is 0.564. The summed E-state index contributed by atoms with van der Waals surface area (Å²) in [5, 5.41) is 14.8. The van der Waals surface area contributed by atoms with Crippen molar-refractivity contribution in [2.45, 2.75) is 0 Å². The Morgan fingerprint density at radius 3 is 2.77 bits per heavy atom. The van der Waals surface area contributed by atoms with E-state index in [9.17, 15) is 0 Å². The Bertz CT molecular complexity index is 953. The molecule has 1 aromatic carbocycles. The molecule has 0 aliphatic carbocycles. The van der Waals surface area contributed by atoms with Gasteiger partial charge in [0, 0.05) is 17.1 Å². The minimum atomic E-state index is 0.208. The van der Waals surface area contributed by atoms with E-state index >= 15 is 0 Å². The molecule has 8 nitrogen and oxygen atoms in total. The zero-order valence-electron chi connectivity index (χ0n) is 11.0. The Hall–Kier alpha value is -3.00. The van der Waals surface area contributed by atoms with Gasteiger partial charge in [-0.2, -0.15) is 5.21 Å². The lowest BCUT2D eigenvalue weighted by Crippen LogP contribution is -1.92. The van der Waals surface area contributed by atoms with Gasteiger partial charge >= 0.3 is 0 Å². The molecule has 3 heterocycles. The number of tetrazole rings is 1. The number of aromatic amines is 1. The van der Waals surface area contributed by atoms with Crippen LogP contribution < -0.4 is 0 Å². The molecule has 0 bridgehead atoms. The molecular weight excluding hydrogens is 304 g/mol. The van der Waals surface area contributed by atoms with Gasteiger partial charge in [-0.3, -0.25) is 0 Å². The minimum absolute atomic E-state index is 0.208. The Kier molecular flexibility index (Phi) is 2.94. The fourth-order valence-electron chi connectivity index (χ4n) is 2.07. The number of nitrogens with one attached hydrogen (secondary N) is 1. The first-order valence-corrected chi connectivity index (χ1v) is 6.66. The van der Waals surface area contributed by atoms with Gasteiger partial charge in [0.2, 0.25) is 11.1 Å². The van der Waals surface area contributed by atoms with Crippen LogP contribution in [0, 0.1) is 0 Å². The summed E-state index contributed by atoms with van der Waals surface area (Å²) < 4.78 is 0. The summed E-state index contributed by atoms with van der Waals surface area (Å²) >= 11 is 5.84. The second-order valence-electron chi connectivity index (χ2n) is 4.44. The fourth-order valence-corrected chi connectivity index (χ4v) is 2.21. The highest BCUT2D eigenvalue weighted by molar-refractivity contribution is 6.28. The van der Waals surface area contributed by atoms with Gasteiger partial charge in [0.1, 0.15) is 12.0 Å². The first-order chi connectivity index (χ1) is 10.8. The van der Waals surface area contributed by atoms with Gasteiger partial charge in [-0.15, -0.1) is 10.2 Å². The van der Waals surface area contributed by atoms with Crippen molar-refractivity contribution in [3.8, 4) is 22.8 Å². The van der Waals surface area contributed by atoms with Gasteiger partial charge in [-0.1, -0.05) is 12.1 Å². The number of hydrogen-bond acceptors (Lipinski definition) is 7. The number of fused-ring (bicyclic) bond motifs is 1. The van der Waals surface area contributed by atoms with Gasteiger partial charge in [-0.05, 0) is 28.9 Å². The molecule has 0 unspecified atom stereocenters. The van der Waals surface area contributed by atoms with E-state index in [0.29, 0.717) is 11.5 Å². The number of aromatic nitrogens is 8. The van der Waals surface area contributed by atoms with Gasteiger partial charge in [-0.25, -0.2) is 19.9 Å². The maximum absolute atomic E-state index is 5.84. The molecule has 0 radical (unpaired) electrons. The third kappa shape index (κ3) is 2.25. The molecule has 106 valence electrons. The standard InChI is InChI=1S/C13H7ClN8/c14-13-15-5-8-2-1-7(3-10(8)18-13)9-4-11(17-6-16-9)12-19-21-22-20-12/h1-6H,(H,19,20,21,22). The zero-order chi connectivity index (χ0) is 14.9. The summed E-state index contributed by atoms with van der Waals surface area (Å²) in [6, 6.07) is 7.53. The van der Waals surface area contributed by atoms with Crippen molar-refractivity contribution in [3.05, 3.63) is 42.1 Å². The molecular formula is C13H7ClN8. The van der Waals surface area contributed by atoms with E-state index in [1.807, 2.05) is 18.2 Å². The van der Waals surface area contributed by atoms with Crippen LogP contribution in [0.3, 0.4) is 0 Å². The molecule has 4 rings (SSSR count). The van der Waals surface area contributed by atoms with Crippen LogP contribution in [-0.2, 0) is 0 Å². The lowest BCUT2D eigenvalue weighted by atomic mass is 10.1. The van der Waals surface area contributed by atoms with Crippen LogP contribution in [0.1, 0.15) is 0 Å². The van der Waals surface area contributed by atoms with Gasteiger partial charge in [0.15, 0.2) is 0 Å². The second kappa shape index (κ2) is 5.08. The van der Waals surface area contributed by atoms with Crippen LogP contribution in [0.4, 0.5) is 0 Å². The molecule has 0 amide bonds. The molecule has 0 saturated carbocycles. The van der Waals surface area contributed by atoms with Gasteiger partial charge < -0.3 is 0 Å². The van der Waals surface area contributed by atoms with E-state index < -0.39 is 0 Å². The summed E-state index contributed by atoms with van der Waals surface area (Å²) in [7, 11) is 0. The van der Waals surface area contributed by atoms with Crippen LogP contribution in [-0.4, -0.2) is 40.6 Å². The predicted molar refractivity (Wildman–Crippen MR) is 78.7 cm³/mol. The lowest BCUT2D eigenvalue weighted by molar-refractivity contribution is 0.881. The summed E-state index contributed by atoms with van der Waals surface area (Å²) in [5.74, 6) is 0.412. The number of nitrogens with zero attached hydrogens (tertiary/aromatic N) is 7. The highest BCUT2D eigenvalue weighted by Gasteiger charge is 2.08. The van der Waals surface area contributed by atoms with Gasteiger partial charge in [0.25, 0.3) is 0 Å². The molecule has 3 aromatic heterocycles. The molecule has 0 fully saturated rings. The average molecular weight is 311 g/mol. The molecule has 1 N–H and O–H groups in total. The molecule has 9 heteroatoms. The smallest absolute Gasteiger partial charge is 0.223 e. The van der Waals surface area contributed by atoms with Crippen LogP contribution in [0.15, 0.2) is 36.8 Å². The number of hydrogen-bond donors (Lipinski definition) is 1. The normalized spacial score (nSPS) is 11.0. The molecule has 0 aliphatic heterocycles. The zero-order valence-corrected chi connectivity index (χ0v) is 11.7. The lowest BCUT2D eigenvalue weighted by Gasteiger charge is -2.03. The van der Waals surface area contributed by atoms with Crippen molar-refractivity contribution in [1.82, 2.24) is 40.6 Å². The average Bonchev–Trinajstić information content (AvgIpc) is 3.09. The van der Waals surface area contributed by atoms with E-state index in [4.69, 9.17) is 11.6 Å². The molecule has 22 heavy (non-hydrogen) atoms. The maximum atomic E-state index is 5.84. The highest BCUT2D eigenvalue weighted by atomic mass is 35.5. The predicted octanol–water partition coefficient (Wildman–Crippen LogP) is 1.92. The van der Waals surface area contributed by atoms with Crippen LogP contribution in [0.5, 0.6) is 0 Å². The van der Waals surface area contributed by atoms with E-state index in [1.165, 1.54) is 6.33 Å². The summed E-state index contributed by atoms with van der Waals surface area (Å²) in [6.45, 7) is 0. The Balaban J connectivity index is 1.83. The number of halogens is 1. The largest absolute Gasteiger partial charge is 0.236 e. The van der Waals surface area contributed by atoms with Crippen LogP contribution in [0.2, 0.25) is 5.28 Å². The number of rotatable bonds is 2. The maximum Gasteiger partial charge on any atom is 0.223 e. The fraction of sp³-hybridized carbons (Fsp3) is 0. The molecule has 0 atom stereocenters. The number of H-pyrrole nitrogens is 1. The Labute approximate surface area is 128 Å². The van der Waals surface area contributed by atoms with Crippen LogP contribution in [0.25, 0.3) is 33.7 Å². The van der Waals surface area contributed by atoms with Crippen molar-refractivity contribution < 1.29 is 0 Å². The highest BCUT2D eigenvalue weighted by Crippen LogP contribution is 2.24. The summed E-state index contributed by atoms with van der Waals surface area (Å²) in [4.78, 5) is 16.6. The molecule has 4 aromatic rings. The van der Waals surface area contributed by atoms with E-state index in [-0.39, 0.29) is 5.28 Å². The number of benzene rings is 1. The first-order valence-electron chi connectivity index (χ1n) is 6.28. The van der Waals surface area contributed by atoms with E-state index in [0.717, 1.165) is 22.2 Å². The SMILES string of the molecule is Clc1ncc2ccc(-c3cc(-c4nn[nH]n4)ncn3)cc2n1. The van der Waals surface area contributed by atoms with Crippen molar-refractivity contribution in [1.29, 1.82) is 0 Å². The molecule has 0 aliphatic rings. The monoisotopic (exact) mass is 310 g/mol. The molecule has 0 spiro atoms. The van der Waals surface area contributed by atoms with Crippen molar-refractivity contribution >= 4 is 22.5 Å². The Morgan fingerprint density at radius 2 is 1.91 bits per heavy atom. The second-order valence-corrected chi connectivity index (χ2v) is 4.77. The molecule has 0 saturated heterocycles. The first kappa shape index (κ1) is 12.7. The minimum Gasteiger partial charge on any atom is -0.236 e. The third-order valence-corrected chi connectivity index (χ3v) is 3.27. The van der Waals surface area contributed by atoms with Crippen molar-refractivity contribution in [3.63, 3.8) is 0 Å². The summed E-state index contributed by atoms with van der Waals surface area (Å²) in [6.07, 6.45) is 3.14. The van der Waals surface area contributed by atoms with E-state index in [2.05, 4.69) is 40.6 Å². The van der Waals surface area contributed by atoms with Crippen molar-refractivity contribution in [2.24, 2.45) is 0 Å². The summed E-state index contributed by atoms with van der Waals surface area (Å²) in [5.41, 5.74) is 2.94. The van der Waals surface area contributed by atoms with Gasteiger partial charge in [0.05, 0.1) is 11.2 Å². The van der Waals surface area contributed by atoms with Crippen LogP contribution >= 0.6 is 11.6 Å². The van der Waals surface area contributed by atoms with Crippen molar-refractivity contribution in [2.75, 3.05) is 0 Å². The third-order valence-electron chi connectivity index (χ3n) is 3.09. The Morgan fingerprint density at radius 1 is 1.00 bits per heavy atom. The topological polar surface area (TPSA) is 106 Å².